The predicted octanol–water partition coefficient (Wildman–Crippen LogP) is 10.4. The first kappa shape index (κ1) is 133. The van der Waals surface area contributed by atoms with Gasteiger partial charge in [0.25, 0.3) is 0 Å². The number of nitrogens with two attached hydrogens (primary N) is 3. The Kier molecular flexibility index (Phi) is 78.3. The van der Waals surface area contributed by atoms with Crippen LogP contribution in [0.3, 0.4) is 0 Å². The van der Waals surface area contributed by atoms with Gasteiger partial charge in [-0.3, -0.25) is 62.3 Å². The number of carboxylic acid groups (broad SMARTS) is 4. The highest BCUT2D eigenvalue weighted by Crippen LogP contribution is 2.26. The van der Waals surface area contributed by atoms with Crippen molar-refractivity contribution in [1.82, 2.24) is 37.2 Å². The molecule has 0 aliphatic rings. The average molecular weight is 2090 g/mol. The summed E-state index contributed by atoms with van der Waals surface area (Å²) >= 11 is 0. The Morgan fingerprint density at radius 2 is 0.639 bits per heavy atom. The molecule has 0 radical (unpaired) electrons. The fourth-order valence-corrected chi connectivity index (χ4v) is 15.2. The number of hydrogen-bond donors (Lipinski definition) is 14. The van der Waals surface area contributed by atoms with Crippen molar-refractivity contribution in [3.8, 4) is 11.5 Å². The lowest BCUT2D eigenvalue weighted by molar-refractivity contribution is -0.142. The number of benzene rings is 2. The molecular weight excluding hydrogens is 1910 g/mol. The van der Waals surface area contributed by atoms with E-state index in [1.165, 1.54) is 31.2 Å². The molecule has 840 valence electrons. The van der Waals surface area contributed by atoms with Gasteiger partial charge in [-0.25, -0.2) is 19.2 Å². The third kappa shape index (κ3) is 75.2. The van der Waals surface area contributed by atoms with Crippen molar-refractivity contribution in [2.75, 3.05) is 152 Å². The van der Waals surface area contributed by atoms with Gasteiger partial charge in [-0.15, -0.1) is 0 Å². The van der Waals surface area contributed by atoms with Gasteiger partial charge in [0.2, 0.25) is 41.4 Å². The second kappa shape index (κ2) is 86.6. The van der Waals surface area contributed by atoms with E-state index in [4.69, 9.17) is 74.8 Å². The minimum absolute atomic E-state index is 0. The van der Waals surface area contributed by atoms with E-state index in [0.29, 0.717) is 160 Å². The Morgan fingerprint density at radius 3 is 1.05 bits per heavy atom. The van der Waals surface area contributed by atoms with Crippen molar-refractivity contribution in [2.24, 2.45) is 29.0 Å². The zero-order chi connectivity index (χ0) is 108. The van der Waals surface area contributed by atoms with Gasteiger partial charge in [-0.2, -0.15) is 0 Å². The molecule has 0 unspecified atom stereocenters. The number of ether oxygens (including phenoxy) is 10. The molecule has 0 bridgehead atoms. The fourth-order valence-electron chi connectivity index (χ4n) is 15.2. The van der Waals surface area contributed by atoms with Crippen LogP contribution >= 0.6 is 0 Å². The Bertz CT molecular complexity index is 4080. The van der Waals surface area contributed by atoms with Crippen LogP contribution in [0.2, 0.25) is 0 Å². The molecule has 147 heavy (non-hydrogen) atoms. The summed E-state index contributed by atoms with van der Waals surface area (Å²) in [6.07, 6.45) is 25.6. The third-order valence-corrected chi connectivity index (χ3v) is 24.2. The predicted molar refractivity (Wildman–Crippen MR) is 555 cm³/mol. The van der Waals surface area contributed by atoms with E-state index in [2.05, 4.69) is 37.2 Å². The second-order valence-electron chi connectivity index (χ2n) is 37.7. The summed E-state index contributed by atoms with van der Waals surface area (Å²) < 4.78 is 54.9. The molecule has 2 rings (SSSR count). The molecule has 17 N–H and O–H groups in total. The summed E-state index contributed by atoms with van der Waals surface area (Å²) in [5, 5.41) is 56.1. The van der Waals surface area contributed by atoms with Gasteiger partial charge >= 0.3 is 23.9 Å². The van der Waals surface area contributed by atoms with E-state index in [9.17, 15) is 91.7 Å². The number of unbranched alkanes of at least 4 members (excludes halogenated alkanes) is 21. The standard InChI is InChI=1S/C106H174N10O31.3H2/c1-79(117)82(33-23-26-55-113-101(129)90(108)39-25-28-54-110-98(126)77-144-71-66-139-60-32-37-86(120)76-143-70-67-140-63-57-111-95(123)53-52-92(105(136)137)116-97(125)41-22-15-11-7-5-9-13-17-30-62-147-88-49-44-81(45-50-88)103(132)133)73-93(121)83(74-94(122)106(2,3)109)34-24-27-56-114-100(128)89(107)38-20-18-19-35-85(119)75-142-69-68-141-64-58-112-99(127)78-145-72-65-138-59-31-36-84(118)46-51-91(104(134)135)115-96(124)40-21-14-10-6-4-8-12-16-29-61-146-87-47-42-80(43-48-87)102(130)131;;;/h42-45,47-50,82-83,89-92H,4-41,46,51-78,107-109H2,1-3H3,(H,110,126)(H,111,123)(H,112,127)(H,113,129)(H,114,128)(H,115,124)(H,116,125)(H,130,131)(H,132,133)(H,134,135)(H,136,137);3*1H/t82-,83-,89+,90+,91+,92+;;;/m1.../s1. The van der Waals surface area contributed by atoms with Crippen LogP contribution in [-0.2, 0) is 110 Å². The fraction of sp³-hybridized carbons (Fsp3) is 0.726. The summed E-state index contributed by atoms with van der Waals surface area (Å²) in [4.78, 5) is 210. The van der Waals surface area contributed by atoms with Crippen LogP contribution in [0, 0.1) is 11.8 Å². The molecule has 0 saturated carbocycles. The minimum Gasteiger partial charge on any atom is -0.494 e. The summed E-state index contributed by atoms with van der Waals surface area (Å²) in [7, 11) is 0. The molecule has 6 atom stereocenters. The molecular formula is C106H180N10O31. The highest BCUT2D eigenvalue weighted by atomic mass is 16.5. The zero-order valence-electron chi connectivity index (χ0n) is 87.5. The minimum atomic E-state index is -1.22. The van der Waals surface area contributed by atoms with Crippen molar-refractivity contribution in [2.45, 2.75) is 333 Å². The molecule has 0 aliphatic carbocycles. The molecule has 0 fully saturated rings. The number of carboxylic acids is 4. The van der Waals surface area contributed by atoms with Crippen LogP contribution < -0.4 is 63.9 Å². The number of carbonyl (C=O) groups is 17. The van der Waals surface area contributed by atoms with Crippen LogP contribution in [-0.4, -0.2) is 302 Å². The van der Waals surface area contributed by atoms with Crippen LogP contribution in [0.15, 0.2) is 48.5 Å². The molecule has 0 aliphatic heterocycles. The van der Waals surface area contributed by atoms with Crippen LogP contribution in [0.25, 0.3) is 0 Å². The highest BCUT2D eigenvalue weighted by molar-refractivity contribution is 5.94. The van der Waals surface area contributed by atoms with Crippen LogP contribution in [0.5, 0.6) is 11.5 Å². The summed E-state index contributed by atoms with van der Waals surface area (Å²) in [6, 6.07) is 8.79. The number of rotatable bonds is 102. The summed E-state index contributed by atoms with van der Waals surface area (Å²) in [6.45, 7) is 8.84. The van der Waals surface area contributed by atoms with Gasteiger partial charge in [-0.1, -0.05) is 116 Å². The maximum Gasteiger partial charge on any atom is 0.335 e. The van der Waals surface area contributed by atoms with Crippen molar-refractivity contribution in [3.05, 3.63) is 59.7 Å². The molecule has 0 aromatic heterocycles. The number of ketones is 6. The number of Topliss-reactive ketones (excluding diaryl/α,β-unsaturated/α-hetero) is 6. The lowest BCUT2D eigenvalue weighted by Gasteiger charge is -2.23. The van der Waals surface area contributed by atoms with Crippen molar-refractivity contribution in [3.63, 3.8) is 0 Å². The van der Waals surface area contributed by atoms with Gasteiger partial charge in [0.1, 0.15) is 67.4 Å². The Morgan fingerprint density at radius 1 is 0.306 bits per heavy atom. The number of aliphatic carboxylic acids is 2. The smallest absolute Gasteiger partial charge is 0.335 e. The number of hydrogen-bond acceptors (Lipinski definition) is 30. The molecule has 2 aromatic carbocycles. The maximum atomic E-state index is 13.8. The van der Waals surface area contributed by atoms with Crippen molar-refractivity contribution < 1.29 is 154 Å². The average Bonchev–Trinajstić information content (AvgIpc) is 0.867. The lowest BCUT2D eigenvalue weighted by atomic mass is 9.82. The van der Waals surface area contributed by atoms with Gasteiger partial charge in [0, 0.05) is 120 Å². The number of nitrogens with one attached hydrogen (secondary N) is 7. The first-order valence-corrected chi connectivity index (χ1v) is 53.0. The van der Waals surface area contributed by atoms with Crippen LogP contribution in [0.4, 0.5) is 0 Å². The highest BCUT2D eigenvalue weighted by Gasteiger charge is 2.32. The molecule has 2 aromatic rings. The molecule has 0 heterocycles. The largest absolute Gasteiger partial charge is 0.494 e. The van der Waals surface area contributed by atoms with E-state index in [-0.39, 0.29) is 274 Å². The molecule has 0 spiro atoms. The monoisotopic (exact) mass is 2090 g/mol. The molecule has 41 nitrogen and oxygen atoms in total. The van der Waals surface area contributed by atoms with Crippen molar-refractivity contribution >= 4 is 99.9 Å². The quantitative estimate of drug-likeness (QED) is 0.0274. The number of aromatic carboxylic acids is 2. The molecule has 7 amide bonds. The molecule has 41 heteroatoms. The zero-order valence-corrected chi connectivity index (χ0v) is 87.5. The van der Waals surface area contributed by atoms with Crippen molar-refractivity contribution in [1.29, 1.82) is 0 Å². The first-order chi connectivity index (χ1) is 70.6. The van der Waals surface area contributed by atoms with Gasteiger partial charge in [0.15, 0.2) is 17.3 Å². The van der Waals surface area contributed by atoms with Gasteiger partial charge in [0.05, 0.1) is 108 Å². The van der Waals surface area contributed by atoms with Crippen LogP contribution in [0.1, 0.15) is 328 Å². The maximum absolute atomic E-state index is 13.8. The van der Waals surface area contributed by atoms with E-state index < -0.39 is 65.4 Å². The lowest BCUT2D eigenvalue weighted by Crippen LogP contribution is -2.43. The Hall–Kier alpha value is -10.2. The van der Waals surface area contributed by atoms with E-state index in [1.807, 2.05) is 0 Å². The molecule has 0 saturated heterocycles. The second-order valence-corrected chi connectivity index (χ2v) is 37.7. The van der Waals surface area contributed by atoms with E-state index in [1.54, 1.807) is 38.1 Å². The number of amides is 7. The Labute approximate surface area is 871 Å². The van der Waals surface area contributed by atoms with E-state index >= 15 is 0 Å². The topological polar surface area (TPSA) is 626 Å². The summed E-state index contributed by atoms with van der Waals surface area (Å²) in [5.74, 6) is -7.83. The normalized spacial score (nSPS) is 12.6. The Balaban J connectivity index is 0. The third-order valence-electron chi connectivity index (χ3n) is 24.2. The summed E-state index contributed by atoms with van der Waals surface area (Å²) in [5.41, 5.74) is 17.7. The first-order valence-electron chi connectivity index (χ1n) is 53.0. The SMILES string of the molecule is CC(=O)[C@H](CCCCNC(=O)[C@@H](N)CCCCNC(=O)COCCOCCCC(=O)COCCOCCNC(=O)CC[C@H](NC(=O)CCCCCCCCCCCOc1ccc(C(=O)O)cc1)C(=O)O)CC(=O)[C@H](CCCCNC(=O)[C@@H](N)CCCCCC(=O)COCCOCCNC(=O)COCCOCCCC(=O)CC[C@H](NC(=O)CCCCCCCCCCCOc1ccc(C(=O)O)cc1)C(=O)O)CC(=O)C(C)(C)N.[HH].[HH].[HH]. The van der Waals surface area contributed by atoms with Gasteiger partial charge < -0.3 is 122 Å². The van der Waals surface area contributed by atoms with Gasteiger partial charge in [-0.05, 0) is 178 Å². The van der Waals surface area contributed by atoms with E-state index in [0.717, 1.165) is 103 Å². The number of carbonyl (C=O) groups excluding carboxylic acids is 13.